The molecule has 2 heterocycles. The molecule has 1 amide bonds. The van der Waals surface area contributed by atoms with Gasteiger partial charge in [0.2, 0.25) is 5.78 Å². The van der Waals surface area contributed by atoms with Crippen LogP contribution in [0.2, 0.25) is 0 Å². The standard InChI is InChI=1S/C27H32N2O5/c1-5-27(3,4)24(31)25(32)29-17-22-14-20(18(2)30)10-11-21(22)15-23(29)26(33)34-13-7-9-19-8-6-12-28-16-19/h6,8,10-12,14,16,23H,5,7,9,13,15,17H2,1-4H3. The van der Waals surface area contributed by atoms with Crippen LogP contribution in [-0.4, -0.2) is 46.0 Å². The summed E-state index contributed by atoms with van der Waals surface area (Å²) in [5.41, 5.74) is 2.38. The maximum absolute atomic E-state index is 13.3. The molecular formula is C27H32N2O5. The predicted octanol–water partition coefficient (Wildman–Crippen LogP) is 3.72. The van der Waals surface area contributed by atoms with E-state index in [1.54, 1.807) is 38.4 Å². The van der Waals surface area contributed by atoms with Crippen LogP contribution in [0.5, 0.6) is 0 Å². The number of hydrogen-bond donors (Lipinski definition) is 0. The molecule has 1 aliphatic heterocycles. The molecule has 0 aliphatic carbocycles. The molecule has 2 aromatic rings. The summed E-state index contributed by atoms with van der Waals surface area (Å²) in [6.45, 7) is 7.07. The molecule has 1 aromatic carbocycles. The van der Waals surface area contributed by atoms with Crippen LogP contribution in [0.25, 0.3) is 0 Å². The average molecular weight is 465 g/mol. The number of fused-ring (bicyclic) bond motifs is 1. The van der Waals surface area contributed by atoms with Gasteiger partial charge >= 0.3 is 5.97 Å². The monoisotopic (exact) mass is 464 g/mol. The number of amides is 1. The Hall–Kier alpha value is -3.35. The molecule has 180 valence electrons. The third-order valence-corrected chi connectivity index (χ3v) is 6.55. The number of benzene rings is 1. The quantitative estimate of drug-likeness (QED) is 0.243. The van der Waals surface area contributed by atoms with Gasteiger partial charge in [0, 0.05) is 36.3 Å². The topological polar surface area (TPSA) is 93.6 Å². The van der Waals surface area contributed by atoms with E-state index in [4.69, 9.17) is 4.74 Å². The van der Waals surface area contributed by atoms with Crippen molar-refractivity contribution in [1.82, 2.24) is 9.88 Å². The largest absolute Gasteiger partial charge is 0.464 e. The summed E-state index contributed by atoms with van der Waals surface area (Å²) in [7, 11) is 0. The zero-order valence-corrected chi connectivity index (χ0v) is 20.3. The van der Waals surface area contributed by atoms with Gasteiger partial charge in [-0.15, -0.1) is 0 Å². The van der Waals surface area contributed by atoms with E-state index in [1.165, 1.54) is 11.8 Å². The lowest BCUT2D eigenvalue weighted by atomic mass is 9.83. The van der Waals surface area contributed by atoms with E-state index in [-0.39, 0.29) is 25.4 Å². The molecule has 0 radical (unpaired) electrons. The van der Waals surface area contributed by atoms with Crippen molar-refractivity contribution in [3.05, 3.63) is 65.0 Å². The van der Waals surface area contributed by atoms with Gasteiger partial charge in [-0.05, 0) is 55.0 Å². The Bertz CT molecular complexity index is 1080. The molecule has 0 saturated carbocycles. The second kappa shape index (κ2) is 10.7. The zero-order chi connectivity index (χ0) is 24.9. The molecule has 1 aliphatic rings. The van der Waals surface area contributed by atoms with E-state index in [0.29, 0.717) is 24.8 Å². The first kappa shape index (κ1) is 25.3. The summed E-state index contributed by atoms with van der Waals surface area (Å²) in [4.78, 5) is 56.5. The van der Waals surface area contributed by atoms with Crippen LogP contribution < -0.4 is 0 Å². The van der Waals surface area contributed by atoms with Gasteiger partial charge in [0.1, 0.15) is 6.04 Å². The summed E-state index contributed by atoms with van der Waals surface area (Å²) in [5.74, 6) is -1.83. The number of nitrogens with zero attached hydrogens (tertiary/aromatic N) is 2. The fourth-order valence-electron chi connectivity index (χ4n) is 3.90. The van der Waals surface area contributed by atoms with Gasteiger partial charge in [-0.3, -0.25) is 19.4 Å². The van der Waals surface area contributed by atoms with Gasteiger partial charge in [-0.25, -0.2) is 4.79 Å². The Balaban J connectivity index is 1.78. The number of Topliss-reactive ketones (excluding diaryl/α,β-unsaturated/α-hetero) is 2. The van der Waals surface area contributed by atoms with Crippen molar-refractivity contribution in [3.63, 3.8) is 0 Å². The molecule has 7 nitrogen and oxygen atoms in total. The first-order valence-corrected chi connectivity index (χ1v) is 11.7. The van der Waals surface area contributed by atoms with E-state index in [2.05, 4.69) is 4.98 Å². The molecule has 7 heteroatoms. The lowest BCUT2D eigenvalue weighted by Crippen LogP contribution is -2.53. The van der Waals surface area contributed by atoms with Crippen LogP contribution >= 0.6 is 0 Å². The molecule has 1 aromatic heterocycles. The first-order chi connectivity index (χ1) is 16.1. The van der Waals surface area contributed by atoms with Crippen LogP contribution in [-0.2, 0) is 38.5 Å². The van der Waals surface area contributed by atoms with Gasteiger partial charge in [0.25, 0.3) is 5.91 Å². The molecule has 1 atom stereocenters. The molecule has 0 spiro atoms. The van der Waals surface area contributed by atoms with Crippen molar-refractivity contribution in [2.24, 2.45) is 5.41 Å². The van der Waals surface area contributed by atoms with Crippen LogP contribution in [0.15, 0.2) is 42.7 Å². The Morgan fingerprint density at radius 1 is 1.15 bits per heavy atom. The second-order valence-corrected chi connectivity index (χ2v) is 9.39. The van der Waals surface area contributed by atoms with Gasteiger partial charge in [0.05, 0.1) is 6.61 Å². The zero-order valence-electron chi connectivity index (χ0n) is 20.3. The predicted molar refractivity (Wildman–Crippen MR) is 127 cm³/mol. The highest BCUT2D eigenvalue weighted by molar-refractivity contribution is 6.38. The van der Waals surface area contributed by atoms with Crippen molar-refractivity contribution in [2.45, 2.75) is 66.0 Å². The number of ketones is 2. The van der Waals surface area contributed by atoms with Gasteiger partial charge < -0.3 is 9.64 Å². The first-order valence-electron chi connectivity index (χ1n) is 11.7. The van der Waals surface area contributed by atoms with Crippen LogP contribution in [0, 0.1) is 5.41 Å². The lowest BCUT2D eigenvalue weighted by molar-refractivity contribution is -0.160. The maximum atomic E-state index is 13.3. The normalized spacial score (nSPS) is 15.4. The van der Waals surface area contributed by atoms with E-state index < -0.39 is 29.1 Å². The lowest BCUT2D eigenvalue weighted by Gasteiger charge is -2.36. The number of aryl methyl sites for hydroxylation is 1. The third-order valence-electron chi connectivity index (χ3n) is 6.55. The Morgan fingerprint density at radius 2 is 1.91 bits per heavy atom. The molecular weight excluding hydrogens is 432 g/mol. The van der Waals surface area contributed by atoms with E-state index in [0.717, 1.165) is 16.7 Å². The summed E-state index contributed by atoms with van der Waals surface area (Å²) in [6, 6.07) is 8.20. The SMILES string of the molecule is CCC(C)(C)C(=O)C(=O)N1Cc2cc(C(C)=O)ccc2CC1C(=O)OCCCc1cccnc1. The van der Waals surface area contributed by atoms with E-state index in [9.17, 15) is 19.2 Å². The number of carbonyl (C=O) groups excluding carboxylic acids is 4. The van der Waals surface area contributed by atoms with Crippen LogP contribution in [0.4, 0.5) is 0 Å². The number of aromatic nitrogens is 1. The van der Waals surface area contributed by atoms with Crippen molar-refractivity contribution in [2.75, 3.05) is 6.61 Å². The third kappa shape index (κ3) is 5.76. The molecule has 3 rings (SSSR count). The fraction of sp³-hybridized carbons (Fsp3) is 0.444. The highest BCUT2D eigenvalue weighted by atomic mass is 16.5. The summed E-state index contributed by atoms with van der Waals surface area (Å²) in [5, 5.41) is 0. The van der Waals surface area contributed by atoms with Crippen molar-refractivity contribution < 1.29 is 23.9 Å². The van der Waals surface area contributed by atoms with E-state index >= 15 is 0 Å². The van der Waals surface area contributed by atoms with Crippen molar-refractivity contribution in [3.8, 4) is 0 Å². The molecule has 34 heavy (non-hydrogen) atoms. The smallest absolute Gasteiger partial charge is 0.329 e. The maximum Gasteiger partial charge on any atom is 0.329 e. The van der Waals surface area contributed by atoms with Gasteiger partial charge in [-0.1, -0.05) is 39.0 Å². The molecule has 1 unspecified atom stereocenters. The Labute approximate surface area is 200 Å². The Morgan fingerprint density at radius 3 is 2.56 bits per heavy atom. The van der Waals surface area contributed by atoms with Crippen LogP contribution in [0.3, 0.4) is 0 Å². The minimum atomic E-state index is -0.891. The number of esters is 1. The molecule has 0 N–H and O–H groups in total. The summed E-state index contributed by atoms with van der Waals surface area (Å²) < 4.78 is 5.53. The highest BCUT2D eigenvalue weighted by Gasteiger charge is 2.42. The number of hydrogen-bond acceptors (Lipinski definition) is 6. The number of pyridine rings is 1. The van der Waals surface area contributed by atoms with Crippen molar-refractivity contribution >= 4 is 23.4 Å². The number of rotatable bonds is 9. The Kier molecular flexibility index (Phi) is 7.97. The molecule has 0 saturated heterocycles. The number of ether oxygens (including phenoxy) is 1. The minimum absolute atomic E-state index is 0.0796. The average Bonchev–Trinajstić information content (AvgIpc) is 2.84. The van der Waals surface area contributed by atoms with E-state index in [1.807, 2.05) is 25.1 Å². The minimum Gasteiger partial charge on any atom is -0.464 e. The summed E-state index contributed by atoms with van der Waals surface area (Å²) >= 11 is 0. The van der Waals surface area contributed by atoms with Gasteiger partial charge in [-0.2, -0.15) is 0 Å². The highest BCUT2D eigenvalue weighted by Crippen LogP contribution is 2.29. The fourth-order valence-corrected chi connectivity index (χ4v) is 3.90. The number of carbonyl (C=O) groups is 4. The van der Waals surface area contributed by atoms with Gasteiger partial charge in [0.15, 0.2) is 5.78 Å². The second-order valence-electron chi connectivity index (χ2n) is 9.39. The van der Waals surface area contributed by atoms with Crippen molar-refractivity contribution in [1.29, 1.82) is 0 Å². The molecule has 0 bridgehead atoms. The summed E-state index contributed by atoms with van der Waals surface area (Å²) in [6.07, 6.45) is 5.56. The molecule has 0 fully saturated rings. The van der Waals surface area contributed by atoms with Crippen LogP contribution in [0.1, 0.15) is 67.6 Å².